The molecule has 1 aliphatic carbocycles. The Hall–Kier alpha value is -2.68. The third kappa shape index (κ3) is 3.48. The van der Waals surface area contributed by atoms with E-state index >= 15 is 0 Å². The lowest BCUT2D eigenvalue weighted by atomic mass is 9.80. The molecule has 1 N–H and O–H groups in total. The first kappa shape index (κ1) is 16.8. The van der Waals surface area contributed by atoms with E-state index in [2.05, 4.69) is 29.6 Å². The van der Waals surface area contributed by atoms with Crippen LogP contribution in [0.1, 0.15) is 37.3 Å². The zero-order chi connectivity index (χ0) is 17.9. The Bertz CT molecular complexity index is 919. The molecule has 0 radical (unpaired) electrons. The summed E-state index contributed by atoms with van der Waals surface area (Å²) < 4.78 is 13.4. The van der Waals surface area contributed by atoms with Crippen molar-refractivity contribution in [3.05, 3.63) is 78.1 Å². The highest BCUT2D eigenvalue weighted by molar-refractivity contribution is 5.86. The van der Waals surface area contributed by atoms with Gasteiger partial charge in [-0.1, -0.05) is 48.9 Å². The van der Waals surface area contributed by atoms with Gasteiger partial charge in [0, 0.05) is 18.0 Å². The van der Waals surface area contributed by atoms with Crippen LogP contribution in [0, 0.1) is 11.7 Å². The lowest BCUT2D eigenvalue weighted by Crippen LogP contribution is -2.30. The molecule has 2 unspecified atom stereocenters. The Labute approximate surface area is 153 Å². The van der Waals surface area contributed by atoms with Gasteiger partial charge in [0.15, 0.2) is 0 Å². The fourth-order valence-corrected chi connectivity index (χ4v) is 3.91. The quantitative estimate of drug-likeness (QED) is 0.637. The van der Waals surface area contributed by atoms with Crippen LogP contribution in [-0.2, 0) is 4.79 Å². The Kier molecular flexibility index (Phi) is 4.70. The van der Waals surface area contributed by atoms with Gasteiger partial charge >= 0.3 is 0 Å². The zero-order valence-electron chi connectivity index (χ0n) is 14.6. The van der Waals surface area contributed by atoms with E-state index in [-0.39, 0.29) is 17.8 Å². The molecule has 0 aromatic heterocycles. The maximum atomic E-state index is 13.4. The molecule has 26 heavy (non-hydrogen) atoms. The van der Waals surface area contributed by atoms with Gasteiger partial charge in [-0.05, 0) is 53.4 Å². The van der Waals surface area contributed by atoms with Crippen LogP contribution in [0.5, 0.6) is 0 Å². The van der Waals surface area contributed by atoms with E-state index in [1.165, 1.54) is 17.5 Å². The zero-order valence-corrected chi connectivity index (χ0v) is 14.6. The van der Waals surface area contributed by atoms with Gasteiger partial charge in [-0.2, -0.15) is 0 Å². The average molecular weight is 347 g/mol. The minimum atomic E-state index is -0.256. The molecule has 1 fully saturated rings. The van der Waals surface area contributed by atoms with Crippen LogP contribution in [0.2, 0.25) is 0 Å². The molecule has 2 atom stereocenters. The molecule has 3 heteroatoms. The molecule has 3 aromatic carbocycles. The Morgan fingerprint density at radius 2 is 1.69 bits per heavy atom. The average Bonchev–Trinajstić information content (AvgIpc) is 2.67. The molecule has 0 spiro atoms. The standard InChI is InChI=1S/C23H22FNO/c24-19-12-9-17(10-13-19)23(21-7-3-4-8-22(21)26)25-20-14-11-16-5-1-2-6-18(16)15-20/h1-2,5-6,9-15,21,23,25H,3-4,7-8H2. The lowest BCUT2D eigenvalue weighted by molar-refractivity contribution is -0.125. The number of Topliss-reactive ketones (excluding diaryl/α,β-unsaturated/α-hetero) is 1. The summed E-state index contributed by atoms with van der Waals surface area (Å²) in [7, 11) is 0. The SMILES string of the molecule is O=C1CCCCC1C(Nc1ccc2ccccc2c1)c1ccc(F)cc1. The number of rotatable bonds is 4. The number of hydrogen-bond acceptors (Lipinski definition) is 2. The van der Waals surface area contributed by atoms with Gasteiger partial charge in [-0.25, -0.2) is 4.39 Å². The number of nitrogens with one attached hydrogen (secondary N) is 1. The van der Waals surface area contributed by atoms with Gasteiger partial charge in [0.1, 0.15) is 11.6 Å². The van der Waals surface area contributed by atoms with E-state index in [4.69, 9.17) is 0 Å². The van der Waals surface area contributed by atoms with Crippen molar-refractivity contribution in [2.45, 2.75) is 31.7 Å². The summed E-state index contributed by atoms with van der Waals surface area (Å²) in [5, 5.41) is 5.91. The molecule has 132 valence electrons. The molecule has 0 saturated heterocycles. The Balaban J connectivity index is 1.69. The van der Waals surface area contributed by atoms with Crippen molar-refractivity contribution in [3.63, 3.8) is 0 Å². The van der Waals surface area contributed by atoms with Gasteiger partial charge in [0.25, 0.3) is 0 Å². The van der Waals surface area contributed by atoms with Crippen LogP contribution in [0.4, 0.5) is 10.1 Å². The second kappa shape index (κ2) is 7.28. The summed E-state index contributed by atoms with van der Waals surface area (Å²) in [4.78, 5) is 12.6. The van der Waals surface area contributed by atoms with Gasteiger partial charge in [0.2, 0.25) is 0 Å². The molecule has 0 bridgehead atoms. The lowest BCUT2D eigenvalue weighted by Gasteiger charge is -2.31. The number of ketones is 1. The van der Waals surface area contributed by atoms with Crippen LogP contribution in [0.3, 0.4) is 0 Å². The van der Waals surface area contributed by atoms with Crippen molar-refractivity contribution >= 4 is 22.2 Å². The number of fused-ring (bicyclic) bond motifs is 1. The smallest absolute Gasteiger partial charge is 0.138 e. The van der Waals surface area contributed by atoms with Gasteiger partial charge in [-0.15, -0.1) is 0 Å². The first-order valence-electron chi connectivity index (χ1n) is 9.24. The van der Waals surface area contributed by atoms with E-state index in [0.717, 1.165) is 35.9 Å². The van der Waals surface area contributed by atoms with Gasteiger partial charge in [-0.3, -0.25) is 4.79 Å². The number of benzene rings is 3. The summed E-state index contributed by atoms with van der Waals surface area (Å²) in [6.45, 7) is 0. The van der Waals surface area contributed by atoms with Crippen molar-refractivity contribution in [2.24, 2.45) is 5.92 Å². The Morgan fingerprint density at radius 1 is 0.923 bits per heavy atom. The molecule has 1 saturated carbocycles. The highest BCUT2D eigenvalue weighted by atomic mass is 19.1. The summed E-state index contributed by atoms with van der Waals surface area (Å²) in [5.41, 5.74) is 1.94. The van der Waals surface area contributed by atoms with E-state index < -0.39 is 0 Å². The second-order valence-electron chi connectivity index (χ2n) is 7.05. The highest BCUT2D eigenvalue weighted by Gasteiger charge is 2.31. The largest absolute Gasteiger partial charge is 0.377 e. The van der Waals surface area contributed by atoms with E-state index in [1.807, 2.05) is 18.2 Å². The summed E-state index contributed by atoms with van der Waals surface area (Å²) in [6, 6.07) is 20.8. The minimum Gasteiger partial charge on any atom is -0.377 e. The maximum Gasteiger partial charge on any atom is 0.138 e. The van der Waals surface area contributed by atoms with Crippen LogP contribution in [0.25, 0.3) is 10.8 Å². The number of halogens is 1. The molecule has 0 amide bonds. The van der Waals surface area contributed by atoms with E-state index in [0.29, 0.717) is 12.2 Å². The maximum absolute atomic E-state index is 13.4. The molecular weight excluding hydrogens is 325 g/mol. The third-order valence-corrected chi connectivity index (χ3v) is 5.30. The third-order valence-electron chi connectivity index (χ3n) is 5.30. The van der Waals surface area contributed by atoms with Gasteiger partial charge < -0.3 is 5.32 Å². The van der Waals surface area contributed by atoms with Gasteiger partial charge in [0.05, 0.1) is 6.04 Å². The van der Waals surface area contributed by atoms with Crippen LogP contribution in [0.15, 0.2) is 66.7 Å². The normalized spacial score (nSPS) is 18.7. The number of hydrogen-bond donors (Lipinski definition) is 1. The molecule has 2 nitrogen and oxygen atoms in total. The summed E-state index contributed by atoms with van der Waals surface area (Å²) >= 11 is 0. The van der Waals surface area contributed by atoms with Crippen molar-refractivity contribution in [1.29, 1.82) is 0 Å². The first-order valence-corrected chi connectivity index (χ1v) is 9.24. The van der Waals surface area contributed by atoms with E-state index in [9.17, 15) is 9.18 Å². The molecule has 0 heterocycles. The Morgan fingerprint density at radius 3 is 2.46 bits per heavy atom. The summed E-state index contributed by atoms with van der Waals surface area (Å²) in [6.07, 6.45) is 3.55. The highest BCUT2D eigenvalue weighted by Crippen LogP contribution is 2.35. The van der Waals surface area contributed by atoms with Crippen LogP contribution >= 0.6 is 0 Å². The predicted molar refractivity (Wildman–Crippen MR) is 104 cm³/mol. The molecule has 4 rings (SSSR count). The minimum absolute atomic E-state index is 0.0688. The number of carbonyl (C=O) groups is 1. The first-order chi connectivity index (χ1) is 12.7. The molecule has 3 aromatic rings. The number of anilines is 1. The van der Waals surface area contributed by atoms with Crippen molar-refractivity contribution in [1.82, 2.24) is 0 Å². The monoisotopic (exact) mass is 347 g/mol. The van der Waals surface area contributed by atoms with Crippen LogP contribution in [-0.4, -0.2) is 5.78 Å². The van der Waals surface area contributed by atoms with E-state index in [1.54, 1.807) is 12.1 Å². The van der Waals surface area contributed by atoms with Crippen molar-refractivity contribution in [3.8, 4) is 0 Å². The number of carbonyl (C=O) groups excluding carboxylic acids is 1. The predicted octanol–water partition coefficient (Wildman–Crippen LogP) is 5.89. The molecular formula is C23H22FNO. The fourth-order valence-electron chi connectivity index (χ4n) is 3.91. The molecule has 0 aliphatic heterocycles. The van der Waals surface area contributed by atoms with Crippen molar-refractivity contribution < 1.29 is 9.18 Å². The van der Waals surface area contributed by atoms with Crippen molar-refractivity contribution in [2.75, 3.05) is 5.32 Å². The topological polar surface area (TPSA) is 29.1 Å². The second-order valence-corrected chi connectivity index (χ2v) is 7.05. The van der Waals surface area contributed by atoms with Crippen LogP contribution < -0.4 is 5.32 Å². The molecule has 1 aliphatic rings. The fraction of sp³-hybridized carbons (Fsp3) is 0.261. The summed E-state index contributed by atoms with van der Waals surface area (Å²) in [5.74, 6) is -0.0206.